The van der Waals surface area contributed by atoms with E-state index < -0.39 is 9.84 Å². The van der Waals surface area contributed by atoms with E-state index in [-0.39, 0.29) is 23.6 Å². The van der Waals surface area contributed by atoms with E-state index in [1.165, 1.54) is 0 Å². The number of likely N-dealkylation sites (N-methyl/N-ethyl adjacent to an activating group) is 1. The van der Waals surface area contributed by atoms with Gasteiger partial charge in [-0.3, -0.25) is 9.80 Å². The van der Waals surface area contributed by atoms with E-state index in [0.717, 1.165) is 18.7 Å². The normalized spacial score (nSPS) is 29.5. The summed E-state index contributed by atoms with van der Waals surface area (Å²) in [6, 6.07) is 5.57. The molecule has 21 heavy (non-hydrogen) atoms. The van der Waals surface area contributed by atoms with Crippen molar-refractivity contribution in [2.75, 3.05) is 31.6 Å². The largest absolute Gasteiger partial charge is 0.300 e. The summed E-state index contributed by atoms with van der Waals surface area (Å²) in [6.45, 7) is 2.29. The average molecular weight is 349 g/mol. The molecule has 7 heteroatoms. The first-order valence-electron chi connectivity index (χ1n) is 6.95. The minimum atomic E-state index is -2.96. The quantitative estimate of drug-likeness (QED) is 0.818. The molecular formula is C14H18Cl2N2O2S. The van der Waals surface area contributed by atoms with Crippen LogP contribution in [-0.4, -0.2) is 61.9 Å². The second kappa shape index (κ2) is 5.70. The molecule has 0 N–H and O–H groups in total. The van der Waals surface area contributed by atoms with E-state index in [1.54, 1.807) is 0 Å². The van der Waals surface area contributed by atoms with Crippen LogP contribution in [0.5, 0.6) is 0 Å². The summed E-state index contributed by atoms with van der Waals surface area (Å²) in [5, 5.41) is 1.28. The van der Waals surface area contributed by atoms with Gasteiger partial charge in [0, 0.05) is 47.3 Å². The molecule has 0 amide bonds. The number of nitrogens with zero attached hydrogens (tertiary/aromatic N) is 2. The maximum absolute atomic E-state index is 12.0. The molecule has 1 aromatic rings. The average Bonchev–Trinajstić information content (AvgIpc) is 2.73. The molecule has 2 heterocycles. The molecule has 116 valence electrons. The smallest absolute Gasteiger partial charge is 0.153 e. The zero-order valence-electron chi connectivity index (χ0n) is 11.8. The van der Waals surface area contributed by atoms with Crippen molar-refractivity contribution >= 4 is 33.0 Å². The van der Waals surface area contributed by atoms with Gasteiger partial charge in [0.05, 0.1) is 11.5 Å². The lowest BCUT2D eigenvalue weighted by molar-refractivity contribution is 0.0573. The van der Waals surface area contributed by atoms with Crippen molar-refractivity contribution in [3.8, 4) is 0 Å². The number of hydrogen-bond donors (Lipinski definition) is 0. The molecule has 0 bridgehead atoms. The summed E-state index contributed by atoms with van der Waals surface area (Å²) >= 11 is 12.5. The third kappa shape index (κ3) is 3.08. The van der Waals surface area contributed by atoms with Gasteiger partial charge < -0.3 is 0 Å². The number of rotatable bonds is 2. The zero-order valence-corrected chi connectivity index (χ0v) is 14.1. The lowest BCUT2D eigenvalue weighted by Crippen LogP contribution is -2.57. The van der Waals surface area contributed by atoms with Crippen LogP contribution in [0, 0.1) is 0 Å². The molecule has 2 aliphatic rings. The summed E-state index contributed by atoms with van der Waals surface area (Å²) in [6.07, 6.45) is 0. The van der Waals surface area contributed by atoms with E-state index in [0.29, 0.717) is 16.6 Å². The van der Waals surface area contributed by atoms with Crippen LogP contribution in [0.2, 0.25) is 10.0 Å². The van der Waals surface area contributed by atoms with Gasteiger partial charge in [0.1, 0.15) is 0 Å². The number of benzene rings is 1. The topological polar surface area (TPSA) is 40.6 Å². The van der Waals surface area contributed by atoms with Gasteiger partial charge in [0.25, 0.3) is 0 Å². The number of halogens is 2. The number of sulfone groups is 1. The van der Waals surface area contributed by atoms with Crippen LogP contribution < -0.4 is 0 Å². The van der Waals surface area contributed by atoms with Gasteiger partial charge in [-0.15, -0.1) is 0 Å². The predicted octanol–water partition coefficient (Wildman–Crippen LogP) is 1.91. The first kappa shape index (κ1) is 15.6. The third-order valence-corrected chi connectivity index (χ3v) is 6.90. The molecule has 0 radical (unpaired) electrons. The van der Waals surface area contributed by atoms with Crippen LogP contribution in [0.1, 0.15) is 5.56 Å². The fourth-order valence-corrected chi connectivity index (χ4v) is 5.88. The Morgan fingerprint density at radius 2 is 1.76 bits per heavy atom. The molecule has 0 saturated carbocycles. The third-order valence-electron chi connectivity index (χ3n) is 4.49. The van der Waals surface area contributed by atoms with Crippen molar-refractivity contribution in [1.29, 1.82) is 0 Å². The number of piperazine rings is 1. The maximum Gasteiger partial charge on any atom is 0.153 e. The first-order valence-corrected chi connectivity index (χ1v) is 9.53. The Balaban J connectivity index is 1.86. The standard InChI is InChI=1S/C14H18Cl2N2O2S/c1-17-5-6-18(14-9-21(19,20)8-13(14)17)7-10-11(15)3-2-4-12(10)16/h2-4,13-14H,5-9H2,1H3/t13-,14+/m0/s1. The van der Waals surface area contributed by atoms with Crippen molar-refractivity contribution in [3.05, 3.63) is 33.8 Å². The minimum absolute atomic E-state index is 0.0288. The second-order valence-electron chi connectivity index (χ2n) is 5.86. The zero-order chi connectivity index (χ0) is 15.2. The molecule has 0 spiro atoms. The molecule has 2 fully saturated rings. The van der Waals surface area contributed by atoms with Gasteiger partial charge in [-0.2, -0.15) is 0 Å². The van der Waals surface area contributed by atoms with Crippen LogP contribution in [0.4, 0.5) is 0 Å². The lowest BCUT2D eigenvalue weighted by Gasteiger charge is -2.42. The van der Waals surface area contributed by atoms with Gasteiger partial charge in [-0.05, 0) is 19.2 Å². The highest BCUT2D eigenvalue weighted by molar-refractivity contribution is 7.91. The Morgan fingerprint density at radius 1 is 1.14 bits per heavy atom. The van der Waals surface area contributed by atoms with Crippen molar-refractivity contribution < 1.29 is 8.42 Å². The summed E-state index contributed by atoms with van der Waals surface area (Å²) in [5.41, 5.74) is 0.883. The number of hydrogen-bond acceptors (Lipinski definition) is 4. The molecule has 4 nitrogen and oxygen atoms in total. The van der Waals surface area contributed by atoms with Crippen LogP contribution >= 0.6 is 23.2 Å². The predicted molar refractivity (Wildman–Crippen MR) is 85.7 cm³/mol. The van der Waals surface area contributed by atoms with E-state index in [1.807, 2.05) is 25.2 Å². The molecule has 0 aliphatic carbocycles. The monoisotopic (exact) mass is 348 g/mol. The Bertz CT molecular complexity index is 630. The SMILES string of the molecule is CN1CCN(Cc2c(Cl)cccc2Cl)[C@@H]2CS(=O)(=O)C[C@@H]21. The molecule has 0 aromatic heterocycles. The Labute approximate surface area is 135 Å². The molecule has 3 rings (SSSR count). The first-order chi connectivity index (χ1) is 9.87. The molecule has 1 aromatic carbocycles. The van der Waals surface area contributed by atoms with Gasteiger partial charge in [-0.25, -0.2) is 8.42 Å². The van der Waals surface area contributed by atoms with Crippen molar-refractivity contribution in [2.45, 2.75) is 18.6 Å². The van der Waals surface area contributed by atoms with E-state index in [9.17, 15) is 8.42 Å². The minimum Gasteiger partial charge on any atom is -0.300 e. The summed E-state index contributed by atoms with van der Waals surface area (Å²) < 4.78 is 23.9. The van der Waals surface area contributed by atoms with Crippen molar-refractivity contribution in [3.63, 3.8) is 0 Å². The van der Waals surface area contributed by atoms with Crippen LogP contribution in [-0.2, 0) is 16.4 Å². The maximum atomic E-state index is 12.0. The summed E-state index contributed by atoms with van der Waals surface area (Å²) in [4.78, 5) is 4.36. The van der Waals surface area contributed by atoms with Crippen LogP contribution in [0.3, 0.4) is 0 Å². The molecular weight excluding hydrogens is 331 g/mol. The van der Waals surface area contributed by atoms with Gasteiger partial charge in [0.2, 0.25) is 0 Å². The van der Waals surface area contributed by atoms with E-state index in [4.69, 9.17) is 23.2 Å². The number of fused-ring (bicyclic) bond motifs is 1. The van der Waals surface area contributed by atoms with Gasteiger partial charge in [-0.1, -0.05) is 29.3 Å². The van der Waals surface area contributed by atoms with Gasteiger partial charge in [0.15, 0.2) is 9.84 Å². The molecule has 2 aliphatic heterocycles. The van der Waals surface area contributed by atoms with E-state index in [2.05, 4.69) is 9.80 Å². The van der Waals surface area contributed by atoms with Crippen molar-refractivity contribution in [2.24, 2.45) is 0 Å². The highest BCUT2D eigenvalue weighted by Gasteiger charge is 2.45. The summed E-state index contributed by atoms with van der Waals surface area (Å²) in [5.74, 6) is 0.477. The fourth-order valence-electron chi connectivity index (χ4n) is 3.28. The molecule has 2 atom stereocenters. The molecule has 0 unspecified atom stereocenters. The van der Waals surface area contributed by atoms with Crippen LogP contribution in [0.15, 0.2) is 18.2 Å². The molecule has 2 saturated heterocycles. The Hall–Kier alpha value is -0.330. The Morgan fingerprint density at radius 3 is 2.43 bits per heavy atom. The van der Waals surface area contributed by atoms with Crippen LogP contribution in [0.25, 0.3) is 0 Å². The lowest BCUT2D eigenvalue weighted by atomic mass is 10.0. The van der Waals surface area contributed by atoms with E-state index >= 15 is 0 Å². The fraction of sp³-hybridized carbons (Fsp3) is 0.571. The highest BCUT2D eigenvalue weighted by atomic mass is 35.5. The summed E-state index contributed by atoms with van der Waals surface area (Å²) in [7, 11) is -0.958. The van der Waals surface area contributed by atoms with Crippen molar-refractivity contribution in [1.82, 2.24) is 9.80 Å². The Kier molecular flexibility index (Phi) is 4.23. The highest BCUT2D eigenvalue weighted by Crippen LogP contribution is 2.31. The van der Waals surface area contributed by atoms with Gasteiger partial charge >= 0.3 is 0 Å². The second-order valence-corrected chi connectivity index (χ2v) is 8.83.